The molecule has 0 aromatic heterocycles. The van der Waals surface area contributed by atoms with Crippen molar-refractivity contribution in [3.05, 3.63) is 52.8 Å². The maximum Gasteiger partial charge on any atom is 0.123 e. The fourth-order valence-electron chi connectivity index (χ4n) is 2.09. The van der Waals surface area contributed by atoms with Gasteiger partial charge in [-0.25, -0.2) is 4.39 Å². The Bertz CT molecular complexity index is 577. The molecule has 0 aliphatic carbocycles. The summed E-state index contributed by atoms with van der Waals surface area (Å²) in [5.74, 6) is 0.456. The van der Waals surface area contributed by atoms with E-state index in [1.165, 1.54) is 12.1 Å². The fourth-order valence-corrected chi connectivity index (χ4v) is 2.32. The number of hydrogen-bond donors (Lipinski definition) is 1. The Morgan fingerprint density at radius 2 is 2.00 bits per heavy atom. The second-order valence-corrected chi connectivity index (χ2v) is 4.86. The zero-order valence-electron chi connectivity index (χ0n) is 11.5. The van der Waals surface area contributed by atoms with Crippen LogP contribution in [0, 0.1) is 5.82 Å². The van der Waals surface area contributed by atoms with Crippen molar-refractivity contribution in [2.45, 2.75) is 13.5 Å². The Labute approximate surface area is 123 Å². The molecule has 2 rings (SSSR count). The normalized spacial score (nSPS) is 10.6. The zero-order chi connectivity index (χ0) is 14.5. The third-order valence-electron chi connectivity index (χ3n) is 2.90. The van der Waals surface area contributed by atoms with Crippen molar-refractivity contribution in [3.8, 4) is 16.9 Å². The number of hydrogen-bond acceptors (Lipinski definition) is 2. The predicted octanol–water partition coefficient (Wildman–Crippen LogP) is 4.26. The van der Waals surface area contributed by atoms with Gasteiger partial charge in [0.1, 0.15) is 11.6 Å². The number of halogens is 2. The van der Waals surface area contributed by atoms with E-state index in [1.54, 1.807) is 6.07 Å². The molecule has 0 saturated carbocycles. The first-order valence-electron chi connectivity index (χ1n) is 6.51. The minimum atomic E-state index is -0.304. The Balaban J connectivity index is 2.51. The first kappa shape index (κ1) is 14.8. The van der Waals surface area contributed by atoms with Gasteiger partial charge in [0.2, 0.25) is 0 Å². The smallest absolute Gasteiger partial charge is 0.123 e. The van der Waals surface area contributed by atoms with Crippen LogP contribution in [0.4, 0.5) is 4.39 Å². The lowest BCUT2D eigenvalue weighted by Gasteiger charge is -2.11. The maximum atomic E-state index is 13.4. The fraction of sp³-hybridized carbons (Fsp3) is 0.250. The second-order valence-electron chi connectivity index (χ2n) is 4.45. The maximum absolute atomic E-state index is 13.4. The molecule has 1 N–H and O–H groups in total. The standard InChI is InChI=1S/C16H17ClFNO/c1-3-20-14-7-11(10-19-2)6-12(8-14)15-9-13(18)4-5-16(15)17/h4-9,19H,3,10H2,1-2H3. The van der Waals surface area contributed by atoms with E-state index >= 15 is 0 Å². The summed E-state index contributed by atoms with van der Waals surface area (Å²) in [5.41, 5.74) is 2.59. The topological polar surface area (TPSA) is 21.3 Å². The van der Waals surface area contributed by atoms with Crippen molar-refractivity contribution < 1.29 is 9.13 Å². The van der Waals surface area contributed by atoms with Crippen LogP contribution in [0.3, 0.4) is 0 Å². The second kappa shape index (κ2) is 6.73. The molecule has 106 valence electrons. The Morgan fingerprint density at radius 1 is 1.20 bits per heavy atom. The molecule has 0 atom stereocenters. The third-order valence-corrected chi connectivity index (χ3v) is 3.23. The highest BCUT2D eigenvalue weighted by Crippen LogP contribution is 2.32. The van der Waals surface area contributed by atoms with E-state index in [9.17, 15) is 4.39 Å². The monoisotopic (exact) mass is 293 g/mol. The van der Waals surface area contributed by atoms with Gasteiger partial charge in [-0.3, -0.25) is 0 Å². The largest absolute Gasteiger partial charge is 0.494 e. The summed E-state index contributed by atoms with van der Waals surface area (Å²) in [6.45, 7) is 3.22. The van der Waals surface area contributed by atoms with Crippen LogP contribution in [0.1, 0.15) is 12.5 Å². The highest BCUT2D eigenvalue weighted by molar-refractivity contribution is 6.33. The molecule has 0 radical (unpaired) electrons. The molecule has 4 heteroatoms. The molecule has 0 unspecified atom stereocenters. The highest BCUT2D eigenvalue weighted by atomic mass is 35.5. The lowest BCUT2D eigenvalue weighted by atomic mass is 10.0. The Morgan fingerprint density at radius 3 is 2.70 bits per heavy atom. The van der Waals surface area contributed by atoms with Gasteiger partial charge in [0.15, 0.2) is 0 Å². The van der Waals surface area contributed by atoms with E-state index in [2.05, 4.69) is 5.32 Å². The van der Waals surface area contributed by atoms with Gasteiger partial charge in [-0.2, -0.15) is 0 Å². The summed E-state index contributed by atoms with van der Waals surface area (Å²) in [7, 11) is 1.88. The Hall–Kier alpha value is -1.58. The highest BCUT2D eigenvalue weighted by Gasteiger charge is 2.08. The molecule has 0 heterocycles. The quantitative estimate of drug-likeness (QED) is 0.889. The molecular formula is C16H17ClFNO. The van der Waals surface area contributed by atoms with Crippen molar-refractivity contribution in [1.29, 1.82) is 0 Å². The summed E-state index contributed by atoms with van der Waals surface area (Å²) in [4.78, 5) is 0. The van der Waals surface area contributed by atoms with Crippen molar-refractivity contribution in [1.82, 2.24) is 5.32 Å². The van der Waals surface area contributed by atoms with Crippen LogP contribution in [-0.4, -0.2) is 13.7 Å². The molecule has 20 heavy (non-hydrogen) atoms. The van der Waals surface area contributed by atoms with Crippen LogP contribution >= 0.6 is 11.6 Å². The van der Waals surface area contributed by atoms with Crippen LogP contribution in [0.5, 0.6) is 5.75 Å². The molecule has 0 amide bonds. The minimum absolute atomic E-state index is 0.304. The van der Waals surface area contributed by atoms with E-state index < -0.39 is 0 Å². The van der Waals surface area contributed by atoms with E-state index in [4.69, 9.17) is 16.3 Å². The molecule has 0 bridgehead atoms. The summed E-state index contributed by atoms with van der Waals surface area (Å²) in [6, 6.07) is 10.2. The molecule has 0 aliphatic rings. The summed E-state index contributed by atoms with van der Waals surface area (Å²) in [5, 5.41) is 3.62. The van der Waals surface area contributed by atoms with E-state index in [0.29, 0.717) is 23.7 Å². The van der Waals surface area contributed by atoms with Gasteiger partial charge >= 0.3 is 0 Å². The van der Waals surface area contributed by atoms with Crippen molar-refractivity contribution >= 4 is 11.6 Å². The molecule has 0 spiro atoms. The summed E-state index contributed by atoms with van der Waals surface area (Å²) in [6.07, 6.45) is 0. The van der Waals surface area contributed by atoms with Crippen LogP contribution < -0.4 is 10.1 Å². The lowest BCUT2D eigenvalue weighted by molar-refractivity contribution is 0.340. The Kier molecular flexibility index (Phi) is 4.99. The van der Waals surface area contributed by atoms with Gasteiger partial charge in [0.25, 0.3) is 0 Å². The van der Waals surface area contributed by atoms with Gasteiger partial charge in [-0.15, -0.1) is 0 Å². The zero-order valence-corrected chi connectivity index (χ0v) is 12.3. The number of ether oxygens (including phenoxy) is 1. The molecule has 0 fully saturated rings. The van der Waals surface area contributed by atoms with Gasteiger partial charge in [-0.1, -0.05) is 11.6 Å². The molecule has 0 aliphatic heterocycles. The van der Waals surface area contributed by atoms with Crippen LogP contribution in [0.15, 0.2) is 36.4 Å². The summed E-state index contributed by atoms with van der Waals surface area (Å²) >= 11 is 6.17. The predicted molar refractivity (Wildman–Crippen MR) is 80.8 cm³/mol. The van der Waals surface area contributed by atoms with Crippen molar-refractivity contribution in [2.24, 2.45) is 0 Å². The molecule has 0 saturated heterocycles. The van der Waals surface area contributed by atoms with Gasteiger partial charge in [0, 0.05) is 17.1 Å². The SMILES string of the molecule is CCOc1cc(CNC)cc(-c2cc(F)ccc2Cl)c1. The number of benzene rings is 2. The average molecular weight is 294 g/mol. The molecule has 2 aromatic carbocycles. The van der Waals surface area contributed by atoms with Crippen LogP contribution in [-0.2, 0) is 6.54 Å². The van der Waals surface area contributed by atoms with Crippen LogP contribution in [0.25, 0.3) is 11.1 Å². The van der Waals surface area contributed by atoms with Gasteiger partial charge in [-0.05, 0) is 61.5 Å². The lowest BCUT2D eigenvalue weighted by Crippen LogP contribution is -2.05. The van der Waals surface area contributed by atoms with E-state index in [-0.39, 0.29) is 5.82 Å². The third kappa shape index (κ3) is 3.50. The van der Waals surface area contributed by atoms with Crippen molar-refractivity contribution in [2.75, 3.05) is 13.7 Å². The first-order chi connectivity index (χ1) is 9.63. The molecule has 2 aromatic rings. The minimum Gasteiger partial charge on any atom is -0.494 e. The van der Waals surface area contributed by atoms with E-state index in [0.717, 1.165) is 16.9 Å². The number of nitrogens with one attached hydrogen (secondary N) is 1. The van der Waals surface area contributed by atoms with Gasteiger partial charge < -0.3 is 10.1 Å². The first-order valence-corrected chi connectivity index (χ1v) is 6.88. The average Bonchev–Trinajstić information content (AvgIpc) is 2.42. The summed E-state index contributed by atoms with van der Waals surface area (Å²) < 4.78 is 19.0. The van der Waals surface area contributed by atoms with E-state index in [1.807, 2.05) is 32.2 Å². The van der Waals surface area contributed by atoms with Crippen molar-refractivity contribution in [3.63, 3.8) is 0 Å². The van der Waals surface area contributed by atoms with Gasteiger partial charge in [0.05, 0.1) is 6.61 Å². The molecule has 2 nitrogen and oxygen atoms in total. The number of rotatable bonds is 5. The van der Waals surface area contributed by atoms with Crippen LogP contribution in [0.2, 0.25) is 5.02 Å². The molecular weight excluding hydrogens is 277 g/mol.